The molecule has 0 saturated carbocycles. The molecule has 0 aliphatic rings. The van der Waals surface area contributed by atoms with Crippen LogP contribution in [0.5, 0.6) is 11.5 Å². The van der Waals surface area contributed by atoms with Crippen LogP contribution in [0.25, 0.3) is 6.08 Å². The Morgan fingerprint density at radius 2 is 2.13 bits per heavy atom. The molecule has 0 radical (unpaired) electrons. The topological polar surface area (TPSA) is 68.6 Å². The standard InChI is InChI=1S/C16H17F2NO4/c1-3-4-7-22-15(20)12(10-19)8-11-5-6-13(23-16(17)18)14(9-11)21-2/h5-6,8-9,16H,3-4,7H2,1-2H3. The summed E-state index contributed by atoms with van der Waals surface area (Å²) in [6.07, 6.45) is 2.86. The Hall–Kier alpha value is -2.62. The largest absolute Gasteiger partial charge is 0.493 e. The number of benzene rings is 1. The van der Waals surface area contributed by atoms with Gasteiger partial charge < -0.3 is 14.2 Å². The second-order valence-corrected chi connectivity index (χ2v) is 4.45. The molecule has 0 amide bonds. The normalized spacial score (nSPS) is 11.0. The van der Waals surface area contributed by atoms with Crippen LogP contribution in [-0.2, 0) is 9.53 Å². The van der Waals surface area contributed by atoms with Crippen LogP contribution in [-0.4, -0.2) is 26.3 Å². The van der Waals surface area contributed by atoms with Crippen LogP contribution in [0.4, 0.5) is 8.78 Å². The molecule has 0 bridgehead atoms. The highest BCUT2D eigenvalue weighted by Crippen LogP contribution is 2.30. The molecule has 0 saturated heterocycles. The van der Waals surface area contributed by atoms with E-state index < -0.39 is 12.6 Å². The number of ether oxygens (including phenoxy) is 3. The van der Waals surface area contributed by atoms with Crippen molar-refractivity contribution in [1.29, 1.82) is 5.26 Å². The van der Waals surface area contributed by atoms with Crippen molar-refractivity contribution in [2.75, 3.05) is 13.7 Å². The average molecular weight is 325 g/mol. The van der Waals surface area contributed by atoms with E-state index in [1.807, 2.05) is 6.92 Å². The number of methoxy groups -OCH3 is 1. The highest BCUT2D eigenvalue weighted by molar-refractivity contribution is 5.97. The van der Waals surface area contributed by atoms with Gasteiger partial charge in [-0.1, -0.05) is 19.4 Å². The maximum Gasteiger partial charge on any atom is 0.387 e. The smallest absolute Gasteiger partial charge is 0.387 e. The average Bonchev–Trinajstić information content (AvgIpc) is 2.53. The molecular weight excluding hydrogens is 308 g/mol. The first kappa shape index (κ1) is 18.4. The number of rotatable bonds is 8. The first-order chi connectivity index (χ1) is 11.0. The van der Waals surface area contributed by atoms with E-state index in [0.29, 0.717) is 12.0 Å². The summed E-state index contributed by atoms with van der Waals surface area (Å²) >= 11 is 0. The molecule has 0 atom stereocenters. The van der Waals surface area contributed by atoms with E-state index in [1.165, 1.54) is 31.4 Å². The first-order valence-corrected chi connectivity index (χ1v) is 6.93. The van der Waals surface area contributed by atoms with Crippen LogP contribution in [0.3, 0.4) is 0 Å². The number of unbranched alkanes of at least 4 members (excludes halogenated alkanes) is 1. The summed E-state index contributed by atoms with van der Waals surface area (Å²) in [6.45, 7) is -0.795. The number of carbonyl (C=O) groups is 1. The molecule has 23 heavy (non-hydrogen) atoms. The Bertz CT molecular complexity index is 609. The molecule has 1 aromatic rings. The third-order valence-electron chi connectivity index (χ3n) is 2.79. The second kappa shape index (κ2) is 9.41. The van der Waals surface area contributed by atoms with Crippen molar-refractivity contribution in [1.82, 2.24) is 0 Å². The molecule has 0 spiro atoms. The quantitative estimate of drug-likeness (QED) is 0.316. The molecule has 124 valence electrons. The van der Waals surface area contributed by atoms with Gasteiger partial charge in [-0.25, -0.2) is 4.79 Å². The van der Waals surface area contributed by atoms with Crippen LogP contribution < -0.4 is 9.47 Å². The molecule has 0 heterocycles. The Kier molecular flexibility index (Phi) is 7.54. The van der Waals surface area contributed by atoms with E-state index in [2.05, 4.69) is 4.74 Å². The molecule has 1 aromatic carbocycles. The lowest BCUT2D eigenvalue weighted by molar-refractivity contribution is -0.138. The predicted octanol–water partition coefficient (Wildman–Crippen LogP) is 3.55. The van der Waals surface area contributed by atoms with Crippen LogP contribution in [0.1, 0.15) is 25.3 Å². The summed E-state index contributed by atoms with van der Waals surface area (Å²) in [5.41, 5.74) is 0.234. The van der Waals surface area contributed by atoms with Gasteiger partial charge in [0.15, 0.2) is 11.5 Å². The van der Waals surface area contributed by atoms with E-state index in [4.69, 9.17) is 14.7 Å². The fourth-order valence-corrected chi connectivity index (χ4v) is 1.66. The van der Waals surface area contributed by atoms with Crippen LogP contribution in [0, 0.1) is 11.3 Å². The number of halogens is 2. The van der Waals surface area contributed by atoms with Crippen molar-refractivity contribution in [3.8, 4) is 17.6 Å². The SMILES string of the molecule is CCCCOC(=O)C(C#N)=Cc1ccc(OC(F)F)c(OC)c1. The molecule has 0 aliphatic heterocycles. The van der Waals surface area contributed by atoms with Gasteiger partial charge in [-0.2, -0.15) is 14.0 Å². The zero-order valence-electron chi connectivity index (χ0n) is 12.8. The number of nitriles is 1. The number of hydrogen-bond acceptors (Lipinski definition) is 5. The minimum Gasteiger partial charge on any atom is -0.493 e. The van der Waals surface area contributed by atoms with Gasteiger partial charge in [0.1, 0.15) is 11.6 Å². The third kappa shape index (κ3) is 5.94. The lowest BCUT2D eigenvalue weighted by Gasteiger charge is -2.10. The van der Waals surface area contributed by atoms with Gasteiger partial charge in [0, 0.05) is 0 Å². The third-order valence-corrected chi connectivity index (χ3v) is 2.79. The molecule has 0 aliphatic carbocycles. The van der Waals surface area contributed by atoms with Gasteiger partial charge in [0.25, 0.3) is 0 Å². The Balaban J connectivity index is 2.96. The predicted molar refractivity (Wildman–Crippen MR) is 79.1 cm³/mol. The number of hydrogen-bond donors (Lipinski definition) is 0. The molecule has 5 nitrogen and oxygen atoms in total. The van der Waals surface area contributed by atoms with Crippen LogP contribution >= 0.6 is 0 Å². The number of nitrogens with zero attached hydrogens (tertiary/aromatic N) is 1. The minimum absolute atomic E-state index is 0.0655. The van der Waals surface area contributed by atoms with Gasteiger partial charge in [-0.05, 0) is 30.2 Å². The van der Waals surface area contributed by atoms with Crippen molar-refractivity contribution < 1.29 is 27.8 Å². The van der Waals surface area contributed by atoms with Gasteiger partial charge in [0.05, 0.1) is 13.7 Å². The fourth-order valence-electron chi connectivity index (χ4n) is 1.66. The number of carbonyl (C=O) groups excluding carboxylic acids is 1. The fraction of sp³-hybridized carbons (Fsp3) is 0.375. The molecule has 0 aromatic heterocycles. The zero-order chi connectivity index (χ0) is 17.2. The minimum atomic E-state index is -2.98. The molecular formula is C16H17F2NO4. The zero-order valence-corrected chi connectivity index (χ0v) is 12.8. The van der Waals surface area contributed by atoms with Crippen molar-refractivity contribution >= 4 is 12.0 Å². The van der Waals surface area contributed by atoms with Gasteiger partial charge in [-0.15, -0.1) is 0 Å². The molecule has 0 unspecified atom stereocenters. The van der Waals surface area contributed by atoms with E-state index in [0.717, 1.165) is 6.42 Å². The number of alkyl halides is 2. The van der Waals surface area contributed by atoms with E-state index >= 15 is 0 Å². The van der Waals surface area contributed by atoms with Crippen LogP contribution in [0.2, 0.25) is 0 Å². The van der Waals surface area contributed by atoms with Crippen molar-refractivity contribution in [3.63, 3.8) is 0 Å². The highest BCUT2D eigenvalue weighted by Gasteiger charge is 2.13. The summed E-state index contributed by atoms with van der Waals surface area (Å²) in [5.74, 6) is -0.799. The molecule has 7 heteroatoms. The van der Waals surface area contributed by atoms with Crippen LogP contribution in [0.15, 0.2) is 23.8 Å². The summed E-state index contributed by atoms with van der Waals surface area (Å²) in [5, 5.41) is 9.04. The second-order valence-electron chi connectivity index (χ2n) is 4.45. The lowest BCUT2D eigenvalue weighted by Crippen LogP contribution is -2.08. The summed E-state index contributed by atoms with van der Waals surface area (Å²) in [7, 11) is 1.30. The monoisotopic (exact) mass is 325 g/mol. The molecule has 1 rings (SSSR count). The Morgan fingerprint density at radius 1 is 1.39 bits per heavy atom. The van der Waals surface area contributed by atoms with E-state index in [1.54, 1.807) is 6.07 Å². The lowest BCUT2D eigenvalue weighted by atomic mass is 10.1. The maximum atomic E-state index is 12.3. The summed E-state index contributed by atoms with van der Waals surface area (Å²) in [4.78, 5) is 11.8. The van der Waals surface area contributed by atoms with Gasteiger partial charge >= 0.3 is 12.6 Å². The Labute approximate surface area is 133 Å². The van der Waals surface area contributed by atoms with Gasteiger partial charge in [-0.3, -0.25) is 0 Å². The molecule has 0 fully saturated rings. The van der Waals surface area contributed by atoms with Crippen molar-refractivity contribution in [3.05, 3.63) is 29.3 Å². The van der Waals surface area contributed by atoms with Crippen molar-refractivity contribution in [2.45, 2.75) is 26.4 Å². The first-order valence-electron chi connectivity index (χ1n) is 6.93. The Morgan fingerprint density at radius 3 is 2.70 bits per heavy atom. The van der Waals surface area contributed by atoms with Crippen molar-refractivity contribution in [2.24, 2.45) is 0 Å². The maximum absolute atomic E-state index is 12.3. The molecule has 0 N–H and O–H groups in total. The highest BCUT2D eigenvalue weighted by atomic mass is 19.3. The van der Waals surface area contributed by atoms with Gasteiger partial charge in [0.2, 0.25) is 0 Å². The van der Waals surface area contributed by atoms with E-state index in [-0.39, 0.29) is 23.7 Å². The summed E-state index contributed by atoms with van der Waals surface area (Å²) < 4.78 is 38.7. The number of esters is 1. The summed E-state index contributed by atoms with van der Waals surface area (Å²) in [6, 6.07) is 5.84. The van der Waals surface area contributed by atoms with E-state index in [9.17, 15) is 13.6 Å².